The molecule has 112 valence electrons. The molecular formula is C16H17BrFNO2. The SMILES string of the molecule is CNCc1ccc(OC)c(OCc2ccc(F)cc2Br)c1. The summed E-state index contributed by atoms with van der Waals surface area (Å²) in [6, 6.07) is 10.3. The molecule has 0 saturated carbocycles. The molecule has 0 amide bonds. The zero-order valence-electron chi connectivity index (χ0n) is 12.0. The first-order valence-corrected chi connectivity index (χ1v) is 7.31. The van der Waals surface area contributed by atoms with E-state index >= 15 is 0 Å². The Morgan fingerprint density at radius 3 is 2.62 bits per heavy atom. The minimum Gasteiger partial charge on any atom is -0.493 e. The Labute approximate surface area is 132 Å². The van der Waals surface area contributed by atoms with Crippen molar-refractivity contribution >= 4 is 15.9 Å². The van der Waals surface area contributed by atoms with Crippen LogP contribution >= 0.6 is 15.9 Å². The zero-order valence-corrected chi connectivity index (χ0v) is 13.5. The summed E-state index contributed by atoms with van der Waals surface area (Å²) in [5, 5.41) is 3.09. The van der Waals surface area contributed by atoms with Gasteiger partial charge in [0, 0.05) is 16.6 Å². The number of nitrogens with one attached hydrogen (secondary N) is 1. The summed E-state index contributed by atoms with van der Waals surface area (Å²) in [6.07, 6.45) is 0. The number of benzene rings is 2. The van der Waals surface area contributed by atoms with Gasteiger partial charge in [-0.05, 0) is 36.9 Å². The molecule has 0 aliphatic heterocycles. The third kappa shape index (κ3) is 4.19. The Morgan fingerprint density at radius 1 is 1.14 bits per heavy atom. The number of rotatable bonds is 6. The first-order chi connectivity index (χ1) is 10.1. The molecule has 2 aromatic rings. The van der Waals surface area contributed by atoms with Crippen LogP contribution in [-0.2, 0) is 13.2 Å². The molecule has 0 heterocycles. The number of hydrogen-bond acceptors (Lipinski definition) is 3. The van der Waals surface area contributed by atoms with E-state index < -0.39 is 0 Å². The molecule has 0 unspecified atom stereocenters. The second kappa shape index (κ2) is 7.43. The van der Waals surface area contributed by atoms with E-state index in [4.69, 9.17) is 9.47 Å². The van der Waals surface area contributed by atoms with Crippen molar-refractivity contribution in [3.63, 3.8) is 0 Å². The van der Waals surface area contributed by atoms with Gasteiger partial charge in [0.05, 0.1) is 7.11 Å². The second-order valence-electron chi connectivity index (χ2n) is 4.54. The van der Waals surface area contributed by atoms with Crippen molar-refractivity contribution in [1.82, 2.24) is 5.32 Å². The third-order valence-corrected chi connectivity index (χ3v) is 3.75. The van der Waals surface area contributed by atoms with E-state index in [2.05, 4.69) is 21.2 Å². The lowest BCUT2D eigenvalue weighted by Gasteiger charge is -2.13. The Morgan fingerprint density at radius 2 is 1.95 bits per heavy atom. The summed E-state index contributed by atoms with van der Waals surface area (Å²) in [6.45, 7) is 1.08. The highest BCUT2D eigenvalue weighted by Crippen LogP contribution is 2.29. The van der Waals surface area contributed by atoms with Crippen molar-refractivity contribution in [3.05, 3.63) is 57.8 Å². The maximum atomic E-state index is 13.1. The van der Waals surface area contributed by atoms with Crippen molar-refractivity contribution in [2.24, 2.45) is 0 Å². The highest BCUT2D eigenvalue weighted by molar-refractivity contribution is 9.10. The lowest BCUT2D eigenvalue weighted by molar-refractivity contribution is 0.283. The fraction of sp³-hybridized carbons (Fsp3) is 0.250. The molecular weight excluding hydrogens is 337 g/mol. The molecule has 0 saturated heterocycles. The standard InChI is InChI=1S/C16H17BrFNO2/c1-19-9-11-3-6-15(20-2)16(7-11)21-10-12-4-5-13(18)8-14(12)17/h3-8,19H,9-10H2,1-2H3. The molecule has 2 aromatic carbocycles. The summed E-state index contributed by atoms with van der Waals surface area (Å²) < 4.78 is 24.9. The smallest absolute Gasteiger partial charge is 0.161 e. The largest absolute Gasteiger partial charge is 0.493 e. The van der Waals surface area contributed by atoms with Crippen molar-refractivity contribution in [3.8, 4) is 11.5 Å². The fourth-order valence-electron chi connectivity index (χ4n) is 1.94. The predicted molar refractivity (Wildman–Crippen MR) is 84.2 cm³/mol. The number of methoxy groups -OCH3 is 1. The van der Waals surface area contributed by atoms with E-state index in [0.717, 1.165) is 17.7 Å². The van der Waals surface area contributed by atoms with Gasteiger partial charge >= 0.3 is 0 Å². The predicted octanol–water partition coefficient (Wildman–Crippen LogP) is 3.90. The van der Waals surface area contributed by atoms with E-state index in [1.165, 1.54) is 12.1 Å². The van der Waals surface area contributed by atoms with E-state index in [0.29, 0.717) is 22.6 Å². The summed E-state index contributed by atoms with van der Waals surface area (Å²) in [5.74, 6) is 1.06. The van der Waals surface area contributed by atoms with Gasteiger partial charge in [-0.1, -0.05) is 28.1 Å². The first-order valence-electron chi connectivity index (χ1n) is 6.52. The molecule has 1 N–H and O–H groups in total. The number of hydrogen-bond donors (Lipinski definition) is 1. The average molecular weight is 354 g/mol. The van der Waals surface area contributed by atoms with Gasteiger partial charge in [-0.3, -0.25) is 0 Å². The van der Waals surface area contributed by atoms with Gasteiger partial charge in [0.25, 0.3) is 0 Å². The molecule has 5 heteroatoms. The Bertz CT molecular complexity index is 619. The molecule has 0 aromatic heterocycles. The lowest BCUT2D eigenvalue weighted by atomic mass is 10.2. The number of halogens is 2. The summed E-state index contributed by atoms with van der Waals surface area (Å²) >= 11 is 3.33. The van der Waals surface area contributed by atoms with E-state index in [9.17, 15) is 4.39 Å². The summed E-state index contributed by atoms with van der Waals surface area (Å²) in [5.41, 5.74) is 1.98. The van der Waals surface area contributed by atoms with Crippen LogP contribution in [0.3, 0.4) is 0 Å². The van der Waals surface area contributed by atoms with Gasteiger partial charge in [-0.2, -0.15) is 0 Å². The topological polar surface area (TPSA) is 30.5 Å². The molecule has 0 aliphatic carbocycles. The van der Waals surface area contributed by atoms with Crippen LogP contribution in [0.15, 0.2) is 40.9 Å². The molecule has 0 fully saturated rings. The van der Waals surface area contributed by atoms with Crippen molar-refractivity contribution in [2.45, 2.75) is 13.2 Å². The third-order valence-electron chi connectivity index (χ3n) is 3.01. The van der Waals surface area contributed by atoms with Crippen LogP contribution in [-0.4, -0.2) is 14.2 Å². The molecule has 21 heavy (non-hydrogen) atoms. The van der Waals surface area contributed by atoms with Crippen LogP contribution < -0.4 is 14.8 Å². The second-order valence-corrected chi connectivity index (χ2v) is 5.39. The summed E-state index contributed by atoms with van der Waals surface area (Å²) in [4.78, 5) is 0. The van der Waals surface area contributed by atoms with E-state index in [1.54, 1.807) is 13.2 Å². The van der Waals surface area contributed by atoms with Gasteiger partial charge < -0.3 is 14.8 Å². The highest BCUT2D eigenvalue weighted by Gasteiger charge is 2.08. The van der Waals surface area contributed by atoms with Gasteiger partial charge in [0.2, 0.25) is 0 Å². The quantitative estimate of drug-likeness (QED) is 0.854. The normalized spacial score (nSPS) is 10.5. The van der Waals surface area contributed by atoms with Crippen LogP contribution in [0.1, 0.15) is 11.1 Å². The van der Waals surface area contributed by atoms with Crippen molar-refractivity contribution in [1.29, 1.82) is 0 Å². The first kappa shape index (κ1) is 15.8. The zero-order chi connectivity index (χ0) is 15.2. The fourth-order valence-corrected chi connectivity index (χ4v) is 2.41. The molecule has 0 bridgehead atoms. The lowest BCUT2D eigenvalue weighted by Crippen LogP contribution is -2.06. The minimum atomic E-state index is -0.278. The van der Waals surface area contributed by atoms with Crippen LogP contribution in [0, 0.1) is 5.82 Å². The number of ether oxygens (including phenoxy) is 2. The molecule has 0 aliphatic rings. The maximum absolute atomic E-state index is 13.1. The molecule has 2 rings (SSSR count). The van der Waals surface area contributed by atoms with E-state index in [-0.39, 0.29) is 5.82 Å². The molecule has 3 nitrogen and oxygen atoms in total. The Hall–Kier alpha value is -1.59. The Balaban J connectivity index is 2.16. The molecule has 0 spiro atoms. The summed E-state index contributed by atoms with van der Waals surface area (Å²) in [7, 11) is 3.49. The van der Waals surface area contributed by atoms with Crippen LogP contribution in [0.4, 0.5) is 4.39 Å². The van der Waals surface area contributed by atoms with Crippen molar-refractivity contribution in [2.75, 3.05) is 14.2 Å². The van der Waals surface area contributed by atoms with Gasteiger partial charge in [0.15, 0.2) is 11.5 Å². The monoisotopic (exact) mass is 353 g/mol. The van der Waals surface area contributed by atoms with Crippen LogP contribution in [0.25, 0.3) is 0 Å². The average Bonchev–Trinajstić information content (AvgIpc) is 2.47. The molecule has 0 radical (unpaired) electrons. The van der Waals surface area contributed by atoms with Crippen LogP contribution in [0.5, 0.6) is 11.5 Å². The van der Waals surface area contributed by atoms with Crippen LogP contribution in [0.2, 0.25) is 0 Å². The van der Waals surface area contributed by atoms with Gasteiger partial charge in [-0.15, -0.1) is 0 Å². The van der Waals surface area contributed by atoms with Gasteiger partial charge in [-0.25, -0.2) is 4.39 Å². The van der Waals surface area contributed by atoms with Gasteiger partial charge in [0.1, 0.15) is 12.4 Å². The van der Waals surface area contributed by atoms with E-state index in [1.807, 2.05) is 25.2 Å². The maximum Gasteiger partial charge on any atom is 0.161 e. The minimum absolute atomic E-state index is 0.278. The van der Waals surface area contributed by atoms with Crippen molar-refractivity contribution < 1.29 is 13.9 Å². The Kier molecular flexibility index (Phi) is 5.59. The highest BCUT2D eigenvalue weighted by atomic mass is 79.9. The molecule has 0 atom stereocenters.